The van der Waals surface area contributed by atoms with Crippen molar-refractivity contribution in [3.05, 3.63) is 42.0 Å². The molecule has 1 spiro atoms. The SMILES string of the molecule is C=CCN(C(=O)C1N(CCCO)C(=O)[C@@H]2[C@@H](C(=O)OCC)[C@]3(C)OC12CC3C)c1c(C)cccc1C. The average Bonchev–Trinajstić information content (AvgIpc) is 3.33. The molecule has 3 aliphatic rings. The van der Waals surface area contributed by atoms with Crippen molar-refractivity contribution in [2.75, 3.05) is 31.2 Å². The number of carbonyl (C=O) groups excluding carboxylic acids is 3. The van der Waals surface area contributed by atoms with Crippen LogP contribution < -0.4 is 4.90 Å². The number of hydrogen-bond donors (Lipinski definition) is 1. The van der Waals surface area contributed by atoms with Crippen LogP contribution >= 0.6 is 0 Å². The number of benzene rings is 1. The maximum Gasteiger partial charge on any atom is 0.312 e. The number of likely N-dealkylation sites (tertiary alicyclic amines) is 1. The van der Waals surface area contributed by atoms with Crippen LogP contribution in [0.1, 0.15) is 44.7 Å². The quantitative estimate of drug-likeness (QED) is 0.416. The Morgan fingerprint density at radius 3 is 2.58 bits per heavy atom. The summed E-state index contributed by atoms with van der Waals surface area (Å²) < 4.78 is 12.1. The van der Waals surface area contributed by atoms with Gasteiger partial charge in [0.25, 0.3) is 5.91 Å². The van der Waals surface area contributed by atoms with Gasteiger partial charge in [-0.05, 0) is 57.6 Å². The van der Waals surface area contributed by atoms with Gasteiger partial charge in [0.2, 0.25) is 5.91 Å². The Morgan fingerprint density at radius 1 is 1.33 bits per heavy atom. The van der Waals surface area contributed by atoms with Crippen molar-refractivity contribution in [3.8, 4) is 0 Å². The van der Waals surface area contributed by atoms with Gasteiger partial charge in [-0.25, -0.2) is 0 Å². The lowest BCUT2D eigenvalue weighted by atomic mass is 9.62. The highest BCUT2D eigenvalue weighted by molar-refractivity contribution is 6.05. The summed E-state index contributed by atoms with van der Waals surface area (Å²) in [4.78, 5) is 44.9. The Kier molecular flexibility index (Phi) is 7.05. The lowest BCUT2D eigenvalue weighted by Gasteiger charge is -2.38. The van der Waals surface area contributed by atoms with E-state index < -0.39 is 35.0 Å². The van der Waals surface area contributed by atoms with E-state index in [1.54, 1.807) is 17.9 Å². The van der Waals surface area contributed by atoms with Crippen molar-refractivity contribution in [3.63, 3.8) is 0 Å². The molecule has 0 aliphatic carbocycles. The molecule has 0 saturated carbocycles. The van der Waals surface area contributed by atoms with Crippen LogP contribution in [0, 0.1) is 31.6 Å². The molecule has 1 aromatic carbocycles. The van der Waals surface area contributed by atoms with Gasteiger partial charge in [-0.1, -0.05) is 31.2 Å². The number of nitrogens with zero attached hydrogens (tertiary/aromatic N) is 2. The zero-order valence-corrected chi connectivity index (χ0v) is 22.0. The molecule has 3 heterocycles. The standard InChI is InChI=1S/C28H38N2O6/c1-7-13-29(22-17(3)11-9-12-18(22)4)25(33)23-28-16-19(5)27(6,36-28)21(26(34)35-8-2)20(28)24(32)30(23)14-10-15-31/h7,9,11-12,19-21,23,31H,1,8,10,13-16H2,2-6H3/t19?,20-,21-,23?,27+,28?/m0/s1. The van der Waals surface area contributed by atoms with E-state index >= 15 is 0 Å². The van der Waals surface area contributed by atoms with Crippen LogP contribution in [0.4, 0.5) is 5.69 Å². The number of rotatable bonds is 9. The number of aliphatic hydroxyl groups excluding tert-OH is 1. The van der Waals surface area contributed by atoms with E-state index in [9.17, 15) is 19.5 Å². The molecule has 3 aliphatic heterocycles. The summed E-state index contributed by atoms with van der Waals surface area (Å²) in [5.74, 6) is -2.67. The zero-order chi connectivity index (χ0) is 26.4. The summed E-state index contributed by atoms with van der Waals surface area (Å²) in [5.41, 5.74) is 0.602. The number of amides is 2. The van der Waals surface area contributed by atoms with E-state index in [4.69, 9.17) is 9.47 Å². The largest absolute Gasteiger partial charge is 0.466 e. The third-order valence-corrected chi connectivity index (χ3v) is 8.43. The first-order chi connectivity index (χ1) is 17.1. The second-order valence-corrected chi connectivity index (χ2v) is 10.5. The van der Waals surface area contributed by atoms with Gasteiger partial charge in [0, 0.05) is 25.4 Å². The molecule has 6 atom stereocenters. The van der Waals surface area contributed by atoms with Gasteiger partial charge in [-0.15, -0.1) is 6.58 Å². The molecule has 4 rings (SSSR count). The van der Waals surface area contributed by atoms with Gasteiger partial charge in [-0.2, -0.15) is 0 Å². The predicted octanol–water partition coefficient (Wildman–Crippen LogP) is 2.78. The number of hydrogen-bond acceptors (Lipinski definition) is 6. The first kappa shape index (κ1) is 26.4. The topological polar surface area (TPSA) is 96.4 Å². The third kappa shape index (κ3) is 3.68. The summed E-state index contributed by atoms with van der Waals surface area (Å²) in [7, 11) is 0. The van der Waals surface area contributed by atoms with Crippen LogP contribution in [-0.2, 0) is 23.9 Å². The van der Waals surface area contributed by atoms with E-state index in [2.05, 4.69) is 6.58 Å². The normalized spacial score (nSPS) is 32.5. The summed E-state index contributed by atoms with van der Waals surface area (Å²) in [6, 6.07) is 4.92. The van der Waals surface area contributed by atoms with Crippen molar-refractivity contribution in [1.29, 1.82) is 0 Å². The fraction of sp³-hybridized carbons (Fsp3) is 0.607. The van der Waals surface area contributed by atoms with Gasteiger partial charge in [0.15, 0.2) is 0 Å². The lowest BCUT2D eigenvalue weighted by molar-refractivity contribution is -0.161. The molecular weight excluding hydrogens is 460 g/mol. The molecule has 3 saturated heterocycles. The van der Waals surface area contributed by atoms with E-state index in [-0.39, 0.29) is 44.0 Å². The molecule has 3 fully saturated rings. The molecule has 196 valence electrons. The molecule has 8 heteroatoms. The number of anilines is 1. The summed E-state index contributed by atoms with van der Waals surface area (Å²) in [6.07, 6.45) is 2.47. The Hall–Kier alpha value is -2.71. The maximum atomic E-state index is 14.5. The number of carbonyl (C=O) groups is 3. The Labute approximate surface area is 213 Å². The zero-order valence-electron chi connectivity index (χ0n) is 22.0. The fourth-order valence-electron chi connectivity index (χ4n) is 6.89. The number of aryl methyl sites for hydroxylation is 2. The Morgan fingerprint density at radius 2 is 2.00 bits per heavy atom. The minimum atomic E-state index is -1.15. The summed E-state index contributed by atoms with van der Waals surface area (Å²) in [5, 5.41) is 9.56. The minimum absolute atomic E-state index is 0.0582. The maximum absolute atomic E-state index is 14.5. The van der Waals surface area contributed by atoms with Gasteiger partial charge in [0.05, 0.1) is 18.1 Å². The highest BCUT2D eigenvalue weighted by Gasteiger charge is 2.80. The highest BCUT2D eigenvalue weighted by atomic mass is 16.6. The number of fused-ring (bicyclic) bond motifs is 1. The molecule has 2 bridgehead atoms. The number of esters is 1. The van der Waals surface area contributed by atoms with Gasteiger partial charge >= 0.3 is 5.97 Å². The summed E-state index contributed by atoms with van der Waals surface area (Å²) in [6.45, 7) is 13.9. The molecule has 0 aromatic heterocycles. The van der Waals surface area contributed by atoms with Crippen molar-refractivity contribution < 1.29 is 29.0 Å². The molecule has 0 radical (unpaired) electrons. The van der Waals surface area contributed by atoms with Crippen LogP contribution in [0.25, 0.3) is 0 Å². The monoisotopic (exact) mass is 498 g/mol. The average molecular weight is 499 g/mol. The number of para-hydroxylation sites is 1. The lowest BCUT2D eigenvalue weighted by Crippen LogP contribution is -2.57. The van der Waals surface area contributed by atoms with Crippen molar-refractivity contribution >= 4 is 23.5 Å². The molecule has 1 N–H and O–H groups in total. The first-order valence-electron chi connectivity index (χ1n) is 12.9. The molecule has 36 heavy (non-hydrogen) atoms. The van der Waals surface area contributed by atoms with Crippen LogP contribution in [0.3, 0.4) is 0 Å². The number of aliphatic hydroxyl groups is 1. The second-order valence-electron chi connectivity index (χ2n) is 10.5. The minimum Gasteiger partial charge on any atom is -0.466 e. The molecule has 1 aromatic rings. The van der Waals surface area contributed by atoms with Gasteiger partial charge in [0.1, 0.15) is 17.6 Å². The van der Waals surface area contributed by atoms with E-state index in [1.807, 2.05) is 45.9 Å². The van der Waals surface area contributed by atoms with Gasteiger partial charge < -0.3 is 24.4 Å². The van der Waals surface area contributed by atoms with Crippen LogP contribution in [-0.4, -0.2) is 71.3 Å². The second kappa shape index (κ2) is 9.63. The van der Waals surface area contributed by atoms with Crippen LogP contribution in [0.5, 0.6) is 0 Å². The van der Waals surface area contributed by atoms with Gasteiger partial charge in [-0.3, -0.25) is 14.4 Å². The molecule has 2 amide bonds. The van der Waals surface area contributed by atoms with Crippen LogP contribution in [0.15, 0.2) is 30.9 Å². The highest BCUT2D eigenvalue weighted by Crippen LogP contribution is 2.65. The van der Waals surface area contributed by atoms with E-state index in [0.29, 0.717) is 12.8 Å². The third-order valence-electron chi connectivity index (χ3n) is 8.43. The van der Waals surface area contributed by atoms with E-state index in [1.165, 1.54) is 4.90 Å². The van der Waals surface area contributed by atoms with Crippen molar-refractivity contribution in [2.45, 2.75) is 64.7 Å². The van der Waals surface area contributed by atoms with E-state index in [0.717, 1.165) is 16.8 Å². The Balaban J connectivity index is 1.86. The smallest absolute Gasteiger partial charge is 0.312 e. The van der Waals surface area contributed by atoms with Crippen molar-refractivity contribution in [2.24, 2.45) is 17.8 Å². The molecule has 8 nitrogen and oxygen atoms in total. The fourth-order valence-corrected chi connectivity index (χ4v) is 6.89. The Bertz CT molecular complexity index is 1050. The molecular formula is C28H38N2O6. The first-order valence-corrected chi connectivity index (χ1v) is 12.9. The predicted molar refractivity (Wildman–Crippen MR) is 135 cm³/mol. The molecule has 3 unspecified atom stereocenters. The number of ether oxygens (including phenoxy) is 2. The van der Waals surface area contributed by atoms with Crippen LogP contribution in [0.2, 0.25) is 0 Å². The summed E-state index contributed by atoms with van der Waals surface area (Å²) >= 11 is 0. The van der Waals surface area contributed by atoms with Crippen molar-refractivity contribution in [1.82, 2.24) is 4.90 Å².